The zero-order chi connectivity index (χ0) is 20.1. The van der Waals surface area contributed by atoms with Gasteiger partial charge in [0.05, 0.1) is 12.0 Å². The summed E-state index contributed by atoms with van der Waals surface area (Å²) in [7, 11) is -2.48. The van der Waals surface area contributed by atoms with E-state index in [1.165, 1.54) is 36.9 Å². The van der Waals surface area contributed by atoms with E-state index in [1.54, 1.807) is 12.1 Å². The molecule has 8 heteroatoms. The molecule has 1 aliphatic rings. The van der Waals surface area contributed by atoms with E-state index < -0.39 is 21.9 Å². The first-order valence-electron chi connectivity index (χ1n) is 8.99. The van der Waals surface area contributed by atoms with Gasteiger partial charge in [-0.3, -0.25) is 14.3 Å². The largest absolute Gasteiger partial charge is 0.468 e. The number of anilines is 1. The van der Waals surface area contributed by atoms with Crippen LogP contribution in [0.5, 0.6) is 0 Å². The molecule has 2 N–H and O–H groups in total. The Morgan fingerprint density at radius 1 is 1.00 bits per heavy atom. The summed E-state index contributed by atoms with van der Waals surface area (Å²) in [4.78, 5) is 23.3. The van der Waals surface area contributed by atoms with Crippen molar-refractivity contribution in [2.24, 2.45) is 0 Å². The number of esters is 1. The van der Waals surface area contributed by atoms with Gasteiger partial charge in [-0.15, -0.1) is 0 Å². The summed E-state index contributed by atoms with van der Waals surface area (Å²) in [6.07, 6.45) is 4.09. The van der Waals surface area contributed by atoms with Gasteiger partial charge in [0.2, 0.25) is 0 Å². The van der Waals surface area contributed by atoms with Crippen LogP contribution in [-0.4, -0.2) is 33.9 Å². The summed E-state index contributed by atoms with van der Waals surface area (Å²) in [5.74, 6) is -1.00. The second-order valence-electron chi connectivity index (χ2n) is 6.58. The first-order valence-corrected chi connectivity index (χ1v) is 10.5. The normalized spacial score (nSPS) is 13.3. The van der Waals surface area contributed by atoms with Crippen LogP contribution < -0.4 is 10.0 Å². The summed E-state index contributed by atoms with van der Waals surface area (Å²) >= 11 is 0. The molecule has 28 heavy (non-hydrogen) atoms. The molecule has 148 valence electrons. The number of amides is 1. The number of methoxy groups -OCH3 is 1. The number of carbonyl (C=O) groups excluding carboxylic acids is 2. The first-order chi connectivity index (χ1) is 13.4. The molecule has 0 radical (unpaired) electrons. The number of ether oxygens (including phenoxy) is 1. The lowest BCUT2D eigenvalue weighted by atomic mass is 9.92. The van der Waals surface area contributed by atoms with Crippen LogP contribution in [0.15, 0.2) is 47.4 Å². The molecule has 1 amide bonds. The fourth-order valence-electron chi connectivity index (χ4n) is 3.11. The Morgan fingerprint density at radius 2 is 1.68 bits per heavy atom. The zero-order valence-electron chi connectivity index (χ0n) is 15.5. The Morgan fingerprint density at radius 3 is 2.36 bits per heavy atom. The Bertz CT molecular complexity index is 984. The fourth-order valence-corrected chi connectivity index (χ4v) is 4.22. The molecule has 0 aromatic heterocycles. The molecule has 0 heterocycles. The number of benzene rings is 2. The van der Waals surface area contributed by atoms with E-state index >= 15 is 0 Å². The minimum Gasteiger partial charge on any atom is -0.468 e. The highest BCUT2D eigenvalue weighted by Gasteiger charge is 2.18. The molecule has 0 saturated carbocycles. The van der Waals surface area contributed by atoms with Gasteiger partial charge >= 0.3 is 5.97 Å². The van der Waals surface area contributed by atoms with Crippen molar-refractivity contribution in [3.63, 3.8) is 0 Å². The van der Waals surface area contributed by atoms with Crippen molar-refractivity contribution in [2.75, 3.05) is 18.4 Å². The van der Waals surface area contributed by atoms with Crippen LogP contribution in [0, 0.1) is 0 Å². The second kappa shape index (κ2) is 8.43. The van der Waals surface area contributed by atoms with Gasteiger partial charge in [-0.25, -0.2) is 8.42 Å². The van der Waals surface area contributed by atoms with Crippen molar-refractivity contribution in [3.05, 3.63) is 59.2 Å². The number of hydrogen-bond donors (Lipinski definition) is 2. The number of nitrogens with one attached hydrogen (secondary N) is 2. The van der Waals surface area contributed by atoms with Crippen molar-refractivity contribution >= 4 is 27.6 Å². The molecule has 2 aromatic carbocycles. The summed E-state index contributed by atoms with van der Waals surface area (Å²) < 4.78 is 32.3. The molecule has 0 atom stereocenters. The van der Waals surface area contributed by atoms with Gasteiger partial charge in [0.25, 0.3) is 15.9 Å². The lowest BCUT2D eigenvalue weighted by Crippen LogP contribution is -2.30. The zero-order valence-corrected chi connectivity index (χ0v) is 16.3. The Kier molecular flexibility index (Phi) is 5.99. The Labute approximate surface area is 164 Å². The number of carbonyl (C=O) groups is 2. The van der Waals surface area contributed by atoms with Crippen molar-refractivity contribution in [1.29, 1.82) is 0 Å². The lowest BCUT2D eigenvalue weighted by Gasteiger charge is -2.17. The third-order valence-corrected chi connectivity index (χ3v) is 6.03. The third kappa shape index (κ3) is 4.69. The van der Waals surface area contributed by atoms with Crippen molar-refractivity contribution in [2.45, 2.75) is 30.6 Å². The molecule has 2 aromatic rings. The van der Waals surface area contributed by atoms with Gasteiger partial charge in [0.1, 0.15) is 6.54 Å². The molecular weight excluding hydrogens is 380 g/mol. The maximum absolute atomic E-state index is 12.7. The van der Waals surface area contributed by atoms with E-state index in [-0.39, 0.29) is 11.4 Å². The maximum Gasteiger partial charge on any atom is 0.325 e. The molecule has 3 rings (SSSR count). The predicted octanol–water partition coefficient (Wildman–Crippen LogP) is 2.27. The summed E-state index contributed by atoms with van der Waals surface area (Å²) in [5, 5.41) is 2.42. The molecule has 0 fully saturated rings. The molecule has 0 aliphatic heterocycles. The van der Waals surface area contributed by atoms with Crippen LogP contribution in [0.3, 0.4) is 0 Å². The number of aryl methyl sites for hydroxylation is 2. The molecule has 7 nitrogen and oxygen atoms in total. The average molecular weight is 402 g/mol. The van der Waals surface area contributed by atoms with Gasteiger partial charge in [-0.1, -0.05) is 6.07 Å². The molecule has 0 bridgehead atoms. The first kappa shape index (κ1) is 19.9. The van der Waals surface area contributed by atoms with E-state index in [1.807, 2.05) is 6.07 Å². The second-order valence-corrected chi connectivity index (χ2v) is 8.26. The maximum atomic E-state index is 12.7. The molecule has 1 aliphatic carbocycles. The van der Waals surface area contributed by atoms with E-state index in [0.29, 0.717) is 11.3 Å². The van der Waals surface area contributed by atoms with Gasteiger partial charge in [-0.2, -0.15) is 0 Å². The Balaban J connectivity index is 1.69. The minimum atomic E-state index is -3.72. The van der Waals surface area contributed by atoms with Crippen LogP contribution in [0.4, 0.5) is 5.69 Å². The van der Waals surface area contributed by atoms with E-state index in [2.05, 4.69) is 14.8 Å². The molecule has 0 unspecified atom stereocenters. The van der Waals surface area contributed by atoms with Gasteiger partial charge < -0.3 is 10.1 Å². The number of sulfonamides is 1. The van der Waals surface area contributed by atoms with E-state index in [0.717, 1.165) is 31.2 Å². The van der Waals surface area contributed by atoms with Gasteiger partial charge in [0.15, 0.2) is 0 Å². The van der Waals surface area contributed by atoms with Gasteiger partial charge in [-0.05, 0) is 73.2 Å². The van der Waals surface area contributed by atoms with Crippen LogP contribution in [-0.2, 0) is 32.4 Å². The van der Waals surface area contributed by atoms with Crippen LogP contribution in [0.1, 0.15) is 34.3 Å². The van der Waals surface area contributed by atoms with Crippen LogP contribution >= 0.6 is 0 Å². The highest BCUT2D eigenvalue weighted by Crippen LogP contribution is 2.25. The number of fused-ring (bicyclic) bond motifs is 1. The smallest absolute Gasteiger partial charge is 0.325 e. The minimum absolute atomic E-state index is 0.230. The van der Waals surface area contributed by atoms with Crippen molar-refractivity contribution in [1.82, 2.24) is 5.32 Å². The molecule has 0 spiro atoms. The van der Waals surface area contributed by atoms with Crippen LogP contribution in [0.2, 0.25) is 0 Å². The Hall–Kier alpha value is -2.87. The summed E-state index contributed by atoms with van der Waals surface area (Å²) in [5.41, 5.74) is 2.96. The fraction of sp³-hybridized carbons (Fsp3) is 0.300. The van der Waals surface area contributed by atoms with Crippen molar-refractivity contribution < 1.29 is 22.7 Å². The number of rotatable bonds is 6. The highest BCUT2D eigenvalue weighted by molar-refractivity contribution is 7.92. The molecular formula is C20H22N2O5S. The van der Waals surface area contributed by atoms with Crippen molar-refractivity contribution in [3.8, 4) is 0 Å². The van der Waals surface area contributed by atoms with Crippen LogP contribution in [0.25, 0.3) is 0 Å². The average Bonchev–Trinajstić information content (AvgIpc) is 2.71. The summed E-state index contributed by atoms with van der Waals surface area (Å²) in [6, 6.07) is 11.2. The van der Waals surface area contributed by atoms with E-state index in [9.17, 15) is 18.0 Å². The summed E-state index contributed by atoms with van der Waals surface area (Å²) in [6.45, 7) is -0.234. The monoisotopic (exact) mass is 402 g/mol. The highest BCUT2D eigenvalue weighted by atomic mass is 32.2. The topological polar surface area (TPSA) is 102 Å². The third-order valence-electron chi connectivity index (χ3n) is 4.65. The SMILES string of the molecule is COC(=O)CNC(=O)c1ccc(NS(=O)(=O)c2ccc3c(c2)CCCC3)cc1. The predicted molar refractivity (Wildman–Crippen MR) is 105 cm³/mol. The number of hydrogen-bond acceptors (Lipinski definition) is 5. The quantitative estimate of drug-likeness (QED) is 0.722. The molecule has 0 saturated heterocycles. The van der Waals surface area contributed by atoms with Gasteiger partial charge in [0, 0.05) is 11.3 Å². The van der Waals surface area contributed by atoms with E-state index in [4.69, 9.17) is 0 Å². The standard InChI is InChI=1S/C20H22N2O5S/c1-27-19(23)13-21-20(24)15-6-9-17(10-7-15)22-28(25,26)18-11-8-14-4-2-3-5-16(14)12-18/h6-12,22H,2-5,13H2,1H3,(H,21,24). The lowest BCUT2D eigenvalue weighted by molar-refractivity contribution is -0.139.